The highest BCUT2D eigenvalue weighted by Gasteiger charge is 2.26. The molecule has 2 aliphatic heterocycles. The standard InChI is InChI=1S/C28H25N7O3/c29-17-18-10-11-21(23(16-18)35-12-14-37-15-13-35)25(30)38-28(31)34-26-27(36)32-22-9-5-4-8-20(22)24(33-26)19-6-2-1-3-7-19/h1-11,16,26,30H,12-15H2,(H2,31,34)(H,32,36). The molecule has 38 heavy (non-hydrogen) atoms. The van der Waals surface area contributed by atoms with E-state index < -0.39 is 12.1 Å². The molecule has 190 valence electrons. The number of carbonyl (C=O) groups excluding carboxylic acids is 1. The number of nitriles is 1. The van der Waals surface area contributed by atoms with Crippen LogP contribution in [0.3, 0.4) is 0 Å². The average molecular weight is 508 g/mol. The van der Waals surface area contributed by atoms with Crippen LogP contribution in [-0.2, 0) is 14.3 Å². The number of para-hydroxylation sites is 1. The molecule has 10 heteroatoms. The van der Waals surface area contributed by atoms with Gasteiger partial charge in [-0.15, -0.1) is 0 Å². The van der Waals surface area contributed by atoms with E-state index in [2.05, 4.69) is 21.4 Å². The first kappa shape index (κ1) is 24.7. The Balaban J connectivity index is 1.44. The quantitative estimate of drug-likeness (QED) is 0.365. The van der Waals surface area contributed by atoms with Crippen molar-refractivity contribution in [1.29, 1.82) is 10.7 Å². The van der Waals surface area contributed by atoms with Gasteiger partial charge in [0.1, 0.15) is 0 Å². The lowest BCUT2D eigenvalue weighted by atomic mass is 10.0. The number of benzodiazepines with no additional fused rings is 1. The number of aliphatic imine (C=N–C) groups is 2. The number of rotatable bonds is 4. The molecule has 1 amide bonds. The molecule has 0 saturated carbocycles. The maximum absolute atomic E-state index is 13.0. The first-order chi connectivity index (χ1) is 18.5. The maximum Gasteiger partial charge on any atom is 0.291 e. The van der Waals surface area contributed by atoms with E-state index in [1.165, 1.54) is 0 Å². The SMILES string of the molecule is N#Cc1ccc(C(=N)OC(N)=NC2N=C(c3ccccc3)c3ccccc3NC2=O)c(N2CCOCC2)c1. The van der Waals surface area contributed by atoms with Crippen LogP contribution >= 0.6 is 0 Å². The van der Waals surface area contributed by atoms with Crippen LogP contribution in [0.1, 0.15) is 22.3 Å². The Morgan fingerprint density at radius 2 is 1.87 bits per heavy atom. The molecule has 4 N–H and O–H groups in total. The summed E-state index contributed by atoms with van der Waals surface area (Å²) in [4.78, 5) is 23.9. The summed E-state index contributed by atoms with van der Waals surface area (Å²) < 4.78 is 11.0. The van der Waals surface area contributed by atoms with Gasteiger partial charge < -0.3 is 25.4 Å². The summed E-state index contributed by atoms with van der Waals surface area (Å²) in [5, 5.41) is 20.8. The van der Waals surface area contributed by atoms with Crippen LogP contribution in [0.15, 0.2) is 82.8 Å². The third kappa shape index (κ3) is 5.23. The first-order valence-corrected chi connectivity index (χ1v) is 12.0. The minimum absolute atomic E-state index is 0.262. The lowest BCUT2D eigenvalue weighted by Crippen LogP contribution is -2.37. The summed E-state index contributed by atoms with van der Waals surface area (Å²) in [6.45, 7) is 2.29. The molecule has 2 aliphatic rings. The van der Waals surface area contributed by atoms with Crippen LogP contribution in [0.2, 0.25) is 0 Å². The molecule has 1 fully saturated rings. The molecule has 1 atom stereocenters. The van der Waals surface area contributed by atoms with Crippen molar-refractivity contribution in [3.63, 3.8) is 0 Å². The molecule has 1 saturated heterocycles. The van der Waals surface area contributed by atoms with E-state index in [0.29, 0.717) is 54.5 Å². The normalized spacial score (nSPS) is 17.4. The number of nitrogens with zero attached hydrogens (tertiary/aromatic N) is 4. The smallest absolute Gasteiger partial charge is 0.291 e. The van der Waals surface area contributed by atoms with Crippen molar-refractivity contribution >= 4 is 34.9 Å². The number of carbonyl (C=O) groups is 1. The van der Waals surface area contributed by atoms with Crippen LogP contribution in [0.25, 0.3) is 0 Å². The van der Waals surface area contributed by atoms with Gasteiger partial charge in [-0.1, -0.05) is 48.5 Å². The number of amidine groups is 1. The summed E-state index contributed by atoms with van der Waals surface area (Å²) in [7, 11) is 0. The molecule has 0 bridgehead atoms. The molecule has 1 unspecified atom stereocenters. The largest absolute Gasteiger partial charge is 0.407 e. The van der Waals surface area contributed by atoms with Crippen LogP contribution in [0, 0.1) is 16.7 Å². The van der Waals surface area contributed by atoms with E-state index in [-0.39, 0.29) is 11.9 Å². The number of hydrogen-bond donors (Lipinski definition) is 3. The number of benzene rings is 3. The summed E-state index contributed by atoms with van der Waals surface area (Å²) >= 11 is 0. The van der Waals surface area contributed by atoms with Crippen LogP contribution in [0.4, 0.5) is 11.4 Å². The Labute approximate surface area is 219 Å². The van der Waals surface area contributed by atoms with Gasteiger partial charge in [-0.25, -0.2) is 4.99 Å². The predicted molar refractivity (Wildman–Crippen MR) is 145 cm³/mol. The Morgan fingerprint density at radius 3 is 2.63 bits per heavy atom. The second kappa shape index (κ2) is 10.9. The van der Waals surface area contributed by atoms with Gasteiger partial charge in [0.2, 0.25) is 12.1 Å². The molecular formula is C28H25N7O3. The Morgan fingerprint density at radius 1 is 1.13 bits per heavy atom. The van der Waals surface area contributed by atoms with Crippen molar-refractivity contribution in [3.05, 3.63) is 95.1 Å². The highest BCUT2D eigenvalue weighted by Crippen LogP contribution is 2.26. The predicted octanol–water partition coefficient (Wildman–Crippen LogP) is 2.87. The monoisotopic (exact) mass is 507 g/mol. The lowest BCUT2D eigenvalue weighted by molar-refractivity contribution is -0.117. The molecule has 0 aliphatic carbocycles. The fraction of sp³-hybridized carbons (Fsp3) is 0.179. The molecule has 3 aromatic carbocycles. The maximum atomic E-state index is 13.0. The molecule has 2 heterocycles. The summed E-state index contributed by atoms with van der Waals surface area (Å²) in [6, 6.07) is 23.6. The molecule has 5 rings (SSSR count). The highest BCUT2D eigenvalue weighted by atomic mass is 16.5. The molecule has 10 nitrogen and oxygen atoms in total. The number of nitrogens with one attached hydrogen (secondary N) is 2. The van der Waals surface area contributed by atoms with Gasteiger partial charge in [-0.05, 0) is 24.3 Å². The van der Waals surface area contributed by atoms with E-state index >= 15 is 0 Å². The van der Waals surface area contributed by atoms with E-state index in [1.807, 2.05) is 53.4 Å². The second-order valence-corrected chi connectivity index (χ2v) is 8.59. The van der Waals surface area contributed by atoms with E-state index in [4.69, 9.17) is 20.6 Å². The fourth-order valence-corrected chi connectivity index (χ4v) is 4.33. The van der Waals surface area contributed by atoms with Gasteiger partial charge in [0.25, 0.3) is 11.9 Å². The molecule has 0 aromatic heterocycles. The number of amides is 1. The first-order valence-electron chi connectivity index (χ1n) is 12.0. The zero-order valence-electron chi connectivity index (χ0n) is 20.4. The summed E-state index contributed by atoms with van der Waals surface area (Å²) in [5.41, 5.74) is 10.4. The highest BCUT2D eigenvalue weighted by molar-refractivity contribution is 6.19. The van der Waals surface area contributed by atoms with E-state index in [0.717, 1.165) is 11.1 Å². The number of morpholine rings is 1. The number of ether oxygens (including phenoxy) is 2. The summed E-state index contributed by atoms with van der Waals surface area (Å²) in [6.07, 6.45) is -1.23. The number of anilines is 2. The van der Waals surface area contributed by atoms with Gasteiger partial charge >= 0.3 is 0 Å². The zero-order valence-corrected chi connectivity index (χ0v) is 20.4. The Hall–Kier alpha value is -5.01. The minimum Gasteiger partial charge on any atom is -0.407 e. The van der Waals surface area contributed by atoms with Crippen molar-refractivity contribution in [1.82, 2.24) is 0 Å². The van der Waals surface area contributed by atoms with Crippen LogP contribution in [-0.4, -0.2) is 56.0 Å². The third-order valence-electron chi connectivity index (χ3n) is 6.15. The van der Waals surface area contributed by atoms with Crippen molar-refractivity contribution in [2.75, 3.05) is 36.5 Å². The topological polar surface area (TPSA) is 149 Å². The van der Waals surface area contributed by atoms with Gasteiger partial charge in [-0.3, -0.25) is 10.2 Å². The van der Waals surface area contributed by atoms with Crippen molar-refractivity contribution in [2.24, 2.45) is 15.7 Å². The number of nitrogens with two attached hydrogens (primary N) is 1. The van der Waals surface area contributed by atoms with Gasteiger partial charge in [0, 0.05) is 24.2 Å². The van der Waals surface area contributed by atoms with E-state index in [9.17, 15) is 10.1 Å². The van der Waals surface area contributed by atoms with Crippen LogP contribution < -0.4 is 16.0 Å². The fourth-order valence-electron chi connectivity index (χ4n) is 4.33. The second-order valence-electron chi connectivity index (χ2n) is 8.59. The van der Waals surface area contributed by atoms with Gasteiger partial charge in [0.15, 0.2) is 0 Å². The van der Waals surface area contributed by atoms with E-state index in [1.54, 1.807) is 24.3 Å². The van der Waals surface area contributed by atoms with Crippen molar-refractivity contribution < 1.29 is 14.3 Å². The number of fused-ring (bicyclic) bond motifs is 1. The molecule has 0 spiro atoms. The van der Waals surface area contributed by atoms with Crippen molar-refractivity contribution in [2.45, 2.75) is 6.17 Å². The molecule has 3 aromatic rings. The zero-order chi connectivity index (χ0) is 26.5. The minimum atomic E-state index is -1.23. The molecule has 0 radical (unpaired) electrons. The molecular weight excluding hydrogens is 482 g/mol. The lowest BCUT2D eigenvalue weighted by Gasteiger charge is -2.30. The third-order valence-corrected chi connectivity index (χ3v) is 6.15. The Bertz CT molecular complexity index is 1470. The summed E-state index contributed by atoms with van der Waals surface area (Å²) in [5.74, 6) is -0.740. The Kier molecular flexibility index (Phi) is 7.10. The van der Waals surface area contributed by atoms with Crippen LogP contribution in [0.5, 0.6) is 0 Å². The average Bonchev–Trinajstić information content (AvgIpc) is 3.09. The van der Waals surface area contributed by atoms with Gasteiger partial charge in [-0.2, -0.15) is 10.3 Å². The number of hydrogen-bond acceptors (Lipinski definition) is 8. The van der Waals surface area contributed by atoms with Crippen molar-refractivity contribution in [3.8, 4) is 6.07 Å². The van der Waals surface area contributed by atoms with Gasteiger partial charge in [0.05, 0.1) is 47.5 Å².